The van der Waals surface area contributed by atoms with Gasteiger partial charge in [-0.2, -0.15) is 0 Å². The van der Waals surface area contributed by atoms with E-state index in [2.05, 4.69) is 28.9 Å². The Bertz CT molecular complexity index is 427. The summed E-state index contributed by atoms with van der Waals surface area (Å²) in [6.07, 6.45) is 3.62. The third kappa shape index (κ3) is 3.91. The number of hydrogen-bond donors (Lipinski definition) is 1. The van der Waals surface area contributed by atoms with Crippen LogP contribution in [0.3, 0.4) is 0 Å². The van der Waals surface area contributed by atoms with Crippen molar-refractivity contribution in [3.05, 3.63) is 24.0 Å². The number of pyridine rings is 1. The molecule has 0 aromatic carbocycles. The van der Waals surface area contributed by atoms with Crippen molar-refractivity contribution in [1.29, 1.82) is 0 Å². The summed E-state index contributed by atoms with van der Waals surface area (Å²) in [4.78, 5) is 8.78. The Labute approximate surface area is 121 Å². The predicted octanol–water partition coefficient (Wildman–Crippen LogP) is 1.15. The molecule has 0 spiro atoms. The fourth-order valence-corrected chi connectivity index (χ4v) is 2.61. The van der Waals surface area contributed by atoms with Gasteiger partial charge in [-0.15, -0.1) is 0 Å². The van der Waals surface area contributed by atoms with E-state index in [0.717, 1.165) is 37.4 Å². The average Bonchev–Trinajstić information content (AvgIpc) is 2.43. The van der Waals surface area contributed by atoms with E-state index in [9.17, 15) is 5.11 Å². The topological polar surface area (TPSA) is 48.8 Å². The summed E-state index contributed by atoms with van der Waals surface area (Å²) in [6.45, 7) is 5.68. The van der Waals surface area contributed by atoms with Gasteiger partial charge >= 0.3 is 0 Å². The maximum Gasteiger partial charge on any atom is 0.137 e. The summed E-state index contributed by atoms with van der Waals surface area (Å²) >= 11 is 0. The molecule has 5 heteroatoms. The highest BCUT2D eigenvalue weighted by Gasteiger charge is 2.25. The van der Waals surface area contributed by atoms with Gasteiger partial charge in [-0.25, -0.2) is 0 Å². The van der Waals surface area contributed by atoms with Crippen molar-refractivity contribution < 1.29 is 9.84 Å². The molecule has 2 unspecified atom stereocenters. The van der Waals surface area contributed by atoms with Crippen molar-refractivity contribution in [2.45, 2.75) is 25.5 Å². The lowest BCUT2D eigenvalue weighted by Gasteiger charge is -2.38. The number of piperazine rings is 1. The monoisotopic (exact) mass is 279 g/mol. The Kier molecular flexibility index (Phi) is 5.34. The van der Waals surface area contributed by atoms with Crippen LogP contribution in [0.2, 0.25) is 0 Å². The molecule has 1 N–H and O–H groups in total. The summed E-state index contributed by atoms with van der Waals surface area (Å²) in [5.74, 6) is 0.721. The molecule has 0 bridgehead atoms. The van der Waals surface area contributed by atoms with E-state index >= 15 is 0 Å². The number of likely N-dealkylation sites (N-methyl/N-ethyl adjacent to an activating group) is 2. The Morgan fingerprint density at radius 3 is 2.95 bits per heavy atom. The maximum atomic E-state index is 10.4. The molecule has 2 atom stereocenters. The van der Waals surface area contributed by atoms with Crippen LogP contribution in [0.15, 0.2) is 18.5 Å². The lowest BCUT2D eigenvalue weighted by atomic mass is 10.0. The first-order valence-electron chi connectivity index (χ1n) is 7.24. The Morgan fingerprint density at radius 2 is 2.20 bits per heavy atom. The average molecular weight is 279 g/mol. The molecule has 20 heavy (non-hydrogen) atoms. The Balaban J connectivity index is 1.99. The second-order valence-corrected chi connectivity index (χ2v) is 5.54. The van der Waals surface area contributed by atoms with Crippen LogP contribution in [0.5, 0.6) is 5.75 Å². The summed E-state index contributed by atoms with van der Waals surface area (Å²) in [5, 5.41) is 10.4. The van der Waals surface area contributed by atoms with Gasteiger partial charge in [0, 0.05) is 37.4 Å². The van der Waals surface area contributed by atoms with Gasteiger partial charge in [0.1, 0.15) is 5.75 Å². The van der Waals surface area contributed by atoms with E-state index in [4.69, 9.17) is 4.74 Å². The van der Waals surface area contributed by atoms with Crippen LogP contribution >= 0.6 is 0 Å². The van der Waals surface area contributed by atoms with Crippen molar-refractivity contribution in [1.82, 2.24) is 14.8 Å². The van der Waals surface area contributed by atoms with Gasteiger partial charge in [0.05, 0.1) is 18.9 Å². The van der Waals surface area contributed by atoms with Gasteiger partial charge in [0.2, 0.25) is 0 Å². The van der Waals surface area contributed by atoms with Crippen molar-refractivity contribution >= 4 is 0 Å². The number of ether oxygens (including phenoxy) is 1. The highest BCUT2D eigenvalue weighted by atomic mass is 16.5. The van der Waals surface area contributed by atoms with E-state index in [-0.39, 0.29) is 0 Å². The van der Waals surface area contributed by atoms with Crippen LogP contribution in [-0.4, -0.2) is 66.3 Å². The van der Waals surface area contributed by atoms with Gasteiger partial charge in [0.25, 0.3) is 0 Å². The number of aliphatic hydroxyl groups excluding tert-OH is 1. The minimum absolute atomic E-state index is 0.375. The number of rotatable bonds is 5. The fraction of sp³-hybridized carbons (Fsp3) is 0.667. The lowest BCUT2D eigenvalue weighted by Crippen LogP contribution is -2.50. The largest absolute Gasteiger partial charge is 0.492 e. The van der Waals surface area contributed by atoms with E-state index < -0.39 is 6.10 Å². The first-order chi connectivity index (χ1) is 9.60. The highest BCUT2D eigenvalue weighted by Crippen LogP contribution is 2.24. The molecule has 1 aromatic heterocycles. The van der Waals surface area contributed by atoms with Crippen LogP contribution in [0.25, 0.3) is 0 Å². The molecule has 112 valence electrons. The summed E-state index contributed by atoms with van der Waals surface area (Å²) in [5.41, 5.74) is 0.831. The van der Waals surface area contributed by atoms with Crippen molar-refractivity contribution in [3.8, 4) is 5.75 Å². The van der Waals surface area contributed by atoms with Gasteiger partial charge < -0.3 is 19.6 Å². The standard InChI is InChI=1S/C15H25N3O2/c1-4-20-14-7-12(9-16-10-14)15(19)8-13-11-17(2)5-6-18(13)3/h7,9-10,13,15,19H,4-6,8,11H2,1-3H3. The van der Waals surface area contributed by atoms with Gasteiger partial charge in [0.15, 0.2) is 0 Å². The van der Waals surface area contributed by atoms with Crippen LogP contribution in [-0.2, 0) is 0 Å². The predicted molar refractivity (Wildman–Crippen MR) is 78.9 cm³/mol. The van der Waals surface area contributed by atoms with E-state index in [1.54, 1.807) is 12.4 Å². The Hall–Kier alpha value is -1.17. The number of aliphatic hydroxyl groups is 1. The number of nitrogens with zero attached hydrogens (tertiary/aromatic N) is 3. The maximum absolute atomic E-state index is 10.4. The van der Waals surface area contributed by atoms with Gasteiger partial charge in [-0.05, 0) is 33.5 Å². The van der Waals surface area contributed by atoms with Crippen LogP contribution in [0.1, 0.15) is 25.0 Å². The number of aromatic nitrogens is 1. The Morgan fingerprint density at radius 1 is 1.40 bits per heavy atom. The van der Waals surface area contributed by atoms with E-state index in [1.165, 1.54) is 0 Å². The molecule has 1 fully saturated rings. The van der Waals surface area contributed by atoms with Crippen LogP contribution in [0.4, 0.5) is 0 Å². The molecule has 5 nitrogen and oxygen atoms in total. The first-order valence-corrected chi connectivity index (χ1v) is 7.24. The zero-order chi connectivity index (χ0) is 14.5. The summed E-state index contributed by atoms with van der Waals surface area (Å²) in [7, 11) is 4.25. The molecule has 2 rings (SSSR count). The molecule has 1 aromatic rings. The third-order valence-corrected chi connectivity index (χ3v) is 3.91. The lowest BCUT2D eigenvalue weighted by molar-refractivity contribution is 0.0632. The van der Waals surface area contributed by atoms with Crippen LogP contribution < -0.4 is 4.74 Å². The molecular weight excluding hydrogens is 254 g/mol. The fourth-order valence-electron chi connectivity index (χ4n) is 2.61. The minimum Gasteiger partial charge on any atom is -0.492 e. The van der Waals surface area contributed by atoms with Crippen LogP contribution in [0, 0.1) is 0 Å². The molecule has 0 radical (unpaired) electrons. The SMILES string of the molecule is CCOc1cncc(C(O)CC2CN(C)CCN2C)c1. The van der Waals surface area contributed by atoms with Crippen molar-refractivity contribution in [3.63, 3.8) is 0 Å². The van der Waals surface area contributed by atoms with Crippen molar-refractivity contribution in [2.75, 3.05) is 40.3 Å². The summed E-state index contributed by atoms with van der Waals surface area (Å²) < 4.78 is 5.43. The molecule has 0 aliphatic carbocycles. The first kappa shape index (κ1) is 15.2. The summed E-state index contributed by atoms with van der Waals surface area (Å²) in [6, 6.07) is 2.26. The normalized spacial score (nSPS) is 22.7. The third-order valence-electron chi connectivity index (χ3n) is 3.91. The molecule has 0 saturated carbocycles. The van der Waals surface area contributed by atoms with Gasteiger partial charge in [-0.3, -0.25) is 4.98 Å². The second kappa shape index (κ2) is 7.02. The minimum atomic E-state index is -0.498. The quantitative estimate of drug-likeness (QED) is 0.876. The van der Waals surface area contributed by atoms with E-state index in [1.807, 2.05) is 13.0 Å². The molecule has 1 saturated heterocycles. The van der Waals surface area contributed by atoms with Gasteiger partial charge in [-0.1, -0.05) is 0 Å². The van der Waals surface area contributed by atoms with E-state index in [0.29, 0.717) is 12.6 Å². The second-order valence-electron chi connectivity index (χ2n) is 5.54. The molecule has 1 aliphatic rings. The molecule has 0 amide bonds. The zero-order valence-corrected chi connectivity index (χ0v) is 12.6. The van der Waals surface area contributed by atoms with Crippen molar-refractivity contribution in [2.24, 2.45) is 0 Å². The molecule has 1 aliphatic heterocycles. The smallest absolute Gasteiger partial charge is 0.137 e. The molecule has 2 heterocycles. The zero-order valence-electron chi connectivity index (χ0n) is 12.6. The number of hydrogen-bond acceptors (Lipinski definition) is 5. The molecular formula is C15H25N3O2. The highest BCUT2D eigenvalue weighted by molar-refractivity contribution is 5.25.